The van der Waals surface area contributed by atoms with Crippen molar-refractivity contribution in [3.8, 4) is 5.75 Å². The van der Waals surface area contributed by atoms with Crippen LogP contribution in [0.5, 0.6) is 5.75 Å². The summed E-state index contributed by atoms with van der Waals surface area (Å²) >= 11 is 0. The molecular formula is C21H25N3O4. The number of rotatable bonds is 5. The van der Waals surface area contributed by atoms with E-state index in [0.29, 0.717) is 38.1 Å². The molecule has 2 aromatic rings. The largest absolute Gasteiger partial charge is 0.488 e. The van der Waals surface area contributed by atoms with Crippen LogP contribution in [0.4, 0.5) is 0 Å². The van der Waals surface area contributed by atoms with E-state index in [1.54, 1.807) is 16.0 Å². The zero-order valence-electron chi connectivity index (χ0n) is 15.8. The second-order valence-electron chi connectivity index (χ2n) is 7.44. The average molecular weight is 383 g/mol. The Hall–Kier alpha value is -2.67. The first kappa shape index (κ1) is 18.7. The number of aliphatic hydroxyl groups excluding tert-OH is 1. The van der Waals surface area contributed by atoms with Crippen molar-refractivity contribution in [3.05, 3.63) is 36.5 Å². The maximum atomic E-state index is 12.4. The Morgan fingerprint density at radius 2 is 2.18 bits per heavy atom. The zero-order chi connectivity index (χ0) is 19.5. The quantitative estimate of drug-likeness (QED) is 0.848. The van der Waals surface area contributed by atoms with Crippen LogP contribution in [0.1, 0.15) is 25.7 Å². The number of β-amino-alcohol motifs (C(OH)–C–C–N with tert-alkyl or cyclic N) is 1. The smallest absolute Gasteiger partial charge is 0.224 e. The van der Waals surface area contributed by atoms with Gasteiger partial charge in [-0.3, -0.25) is 14.6 Å². The molecule has 2 saturated heterocycles. The molecule has 1 aromatic carbocycles. The fourth-order valence-electron chi connectivity index (χ4n) is 3.91. The highest BCUT2D eigenvalue weighted by atomic mass is 16.5. The van der Waals surface area contributed by atoms with E-state index < -0.39 is 6.10 Å². The number of aromatic nitrogens is 1. The Kier molecular flexibility index (Phi) is 5.43. The highest BCUT2D eigenvalue weighted by Crippen LogP contribution is 2.23. The Bertz CT molecular complexity index is 872. The summed E-state index contributed by atoms with van der Waals surface area (Å²) < 4.78 is 5.99. The van der Waals surface area contributed by atoms with Gasteiger partial charge in [0.2, 0.25) is 11.8 Å². The molecular weight excluding hydrogens is 358 g/mol. The van der Waals surface area contributed by atoms with Crippen molar-refractivity contribution in [3.63, 3.8) is 0 Å². The first-order valence-electron chi connectivity index (χ1n) is 9.85. The molecule has 4 rings (SSSR count). The van der Waals surface area contributed by atoms with Gasteiger partial charge in [0.1, 0.15) is 18.0 Å². The number of carbonyl (C=O) groups is 2. The first-order valence-corrected chi connectivity index (χ1v) is 9.85. The topological polar surface area (TPSA) is 83.0 Å². The number of carbonyl (C=O) groups excluding carboxylic acids is 2. The lowest BCUT2D eigenvalue weighted by molar-refractivity contribution is -0.138. The molecule has 2 aliphatic rings. The fourth-order valence-corrected chi connectivity index (χ4v) is 3.91. The Labute approximate surface area is 163 Å². The van der Waals surface area contributed by atoms with Gasteiger partial charge in [0.05, 0.1) is 12.1 Å². The highest BCUT2D eigenvalue weighted by molar-refractivity contribution is 5.81. The molecule has 0 saturated carbocycles. The molecule has 2 fully saturated rings. The van der Waals surface area contributed by atoms with Gasteiger partial charge < -0.3 is 19.6 Å². The molecule has 0 spiro atoms. The molecule has 148 valence electrons. The summed E-state index contributed by atoms with van der Waals surface area (Å²) in [5.41, 5.74) is 0.896. The van der Waals surface area contributed by atoms with Crippen LogP contribution in [0.3, 0.4) is 0 Å². The molecule has 1 N–H and O–H groups in total. The number of fused-ring (bicyclic) bond motifs is 1. The number of hydrogen-bond acceptors (Lipinski definition) is 5. The van der Waals surface area contributed by atoms with Crippen LogP contribution < -0.4 is 4.74 Å². The van der Waals surface area contributed by atoms with Crippen molar-refractivity contribution in [1.82, 2.24) is 14.8 Å². The number of hydrogen-bond donors (Lipinski definition) is 1. The third kappa shape index (κ3) is 4.09. The number of piperidine rings is 1. The van der Waals surface area contributed by atoms with Crippen LogP contribution in [0.25, 0.3) is 10.9 Å². The highest BCUT2D eigenvalue weighted by Gasteiger charge is 2.32. The van der Waals surface area contributed by atoms with E-state index >= 15 is 0 Å². The number of pyridine rings is 1. The van der Waals surface area contributed by atoms with E-state index in [1.807, 2.05) is 30.3 Å². The summed E-state index contributed by atoms with van der Waals surface area (Å²) in [6, 6.07) is 9.51. The van der Waals surface area contributed by atoms with Crippen molar-refractivity contribution < 1.29 is 19.4 Å². The standard InChI is InChI=1S/C21H25N3O4/c25-18-14-24(21(27)8-12-23-10-2-4-20(23)26)11-7-19(18)28-16-5-6-17-15(13-16)3-1-9-22-17/h1,3,5-6,9,13,18-19,25H,2,4,7-8,10-12,14H2/t18-,19-/m1/s1. The van der Waals surface area contributed by atoms with E-state index in [-0.39, 0.29) is 24.5 Å². The van der Waals surface area contributed by atoms with Crippen LogP contribution in [0.2, 0.25) is 0 Å². The average Bonchev–Trinajstić information content (AvgIpc) is 3.12. The minimum absolute atomic E-state index is 0.0195. The summed E-state index contributed by atoms with van der Waals surface area (Å²) in [6.07, 6.45) is 3.00. The fraction of sp³-hybridized carbons (Fsp3) is 0.476. The van der Waals surface area contributed by atoms with Gasteiger partial charge in [-0.05, 0) is 30.7 Å². The maximum Gasteiger partial charge on any atom is 0.224 e. The van der Waals surface area contributed by atoms with Gasteiger partial charge in [-0.2, -0.15) is 0 Å². The van der Waals surface area contributed by atoms with E-state index in [0.717, 1.165) is 23.9 Å². The van der Waals surface area contributed by atoms with Gasteiger partial charge in [0, 0.05) is 50.5 Å². The van der Waals surface area contributed by atoms with Gasteiger partial charge >= 0.3 is 0 Å². The van der Waals surface area contributed by atoms with Gasteiger partial charge in [0.25, 0.3) is 0 Å². The van der Waals surface area contributed by atoms with E-state index in [4.69, 9.17) is 4.74 Å². The number of benzene rings is 1. The molecule has 2 atom stereocenters. The van der Waals surface area contributed by atoms with Gasteiger partial charge in [-0.15, -0.1) is 0 Å². The summed E-state index contributed by atoms with van der Waals surface area (Å²) in [5, 5.41) is 11.5. The molecule has 1 aromatic heterocycles. The summed E-state index contributed by atoms with van der Waals surface area (Å²) in [5.74, 6) is 0.802. The van der Waals surface area contributed by atoms with Gasteiger partial charge in [-0.25, -0.2) is 0 Å². The van der Waals surface area contributed by atoms with Crippen LogP contribution >= 0.6 is 0 Å². The van der Waals surface area contributed by atoms with E-state index in [2.05, 4.69) is 4.98 Å². The molecule has 2 amide bonds. The molecule has 28 heavy (non-hydrogen) atoms. The SMILES string of the molecule is O=C1CCCN1CCC(=O)N1CC[C@@H](Oc2ccc3ncccc3c2)[C@H](O)C1. The third-order valence-electron chi connectivity index (χ3n) is 5.50. The Balaban J connectivity index is 1.30. The van der Waals surface area contributed by atoms with Crippen molar-refractivity contribution in [2.24, 2.45) is 0 Å². The number of ether oxygens (including phenoxy) is 1. The monoisotopic (exact) mass is 383 g/mol. The number of nitrogens with zero attached hydrogens (tertiary/aromatic N) is 3. The minimum atomic E-state index is -0.740. The van der Waals surface area contributed by atoms with Crippen molar-refractivity contribution in [1.29, 1.82) is 0 Å². The van der Waals surface area contributed by atoms with Gasteiger partial charge in [-0.1, -0.05) is 6.07 Å². The molecule has 7 nitrogen and oxygen atoms in total. The van der Waals surface area contributed by atoms with Crippen LogP contribution in [-0.2, 0) is 9.59 Å². The number of aliphatic hydroxyl groups is 1. The van der Waals surface area contributed by atoms with E-state index in [1.165, 1.54) is 0 Å². The first-order chi connectivity index (χ1) is 13.6. The third-order valence-corrected chi connectivity index (χ3v) is 5.50. The van der Waals surface area contributed by atoms with Gasteiger partial charge in [0.15, 0.2) is 0 Å². The second kappa shape index (κ2) is 8.14. The molecule has 2 aliphatic heterocycles. The molecule has 0 bridgehead atoms. The maximum absolute atomic E-state index is 12.4. The molecule has 3 heterocycles. The zero-order valence-corrected chi connectivity index (χ0v) is 15.8. The van der Waals surface area contributed by atoms with Crippen LogP contribution in [0, 0.1) is 0 Å². The predicted octanol–water partition coefficient (Wildman–Crippen LogP) is 1.59. The molecule has 0 unspecified atom stereocenters. The van der Waals surface area contributed by atoms with Crippen LogP contribution in [-0.4, -0.2) is 70.1 Å². The minimum Gasteiger partial charge on any atom is -0.488 e. The number of likely N-dealkylation sites (tertiary alicyclic amines) is 2. The summed E-state index contributed by atoms with van der Waals surface area (Å²) in [7, 11) is 0. The van der Waals surface area contributed by atoms with E-state index in [9.17, 15) is 14.7 Å². The van der Waals surface area contributed by atoms with Crippen molar-refractivity contribution in [2.45, 2.75) is 37.9 Å². The number of amides is 2. The van der Waals surface area contributed by atoms with Crippen molar-refractivity contribution >= 4 is 22.7 Å². The summed E-state index contributed by atoms with van der Waals surface area (Å²) in [6.45, 7) is 2.01. The summed E-state index contributed by atoms with van der Waals surface area (Å²) in [4.78, 5) is 31.8. The lowest BCUT2D eigenvalue weighted by Crippen LogP contribution is -2.51. The molecule has 7 heteroatoms. The van der Waals surface area contributed by atoms with Crippen LogP contribution in [0.15, 0.2) is 36.5 Å². The molecule has 0 aliphatic carbocycles. The normalized spacial score (nSPS) is 22.7. The predicted molar refractivity (Wildman–Crippen MR) is 104 cm³/mol. The Morgan fingerprint density at radius 3 is 2.96 bits per heavy atom. The second-order valence-corrected chi connectivity index (χ2v) is 7.44. The molecule has 0 radical (unpaired) electrons. The van der Waals surface area contributed by atoms with Crippen molar-refractivity contribution in [2.75, 3.05) is 26.2 Å². The Morgan fingerprint density at radius 1 is 1.29 bits per heavy atom. The lowest BCUT2D eigenvalue weighted by atomic mass is 10.0. The lowest BCUT2D eigenvalue weighted by Gasteiger charge is -2.36.